The second-order valence-electron chi connectivity index (χ2n) is 7.21. The molecule has 0 aromatic carbocycles. The van der Waals surface area contributed by atoms with Crippen LogP contribution in [-0.4, -0.2) is 52.9 Å². The Kier molecular flexibility index (Phi) is 6.53. The number of esters is 2. The molecule has 138 valence electrons. The molecule has 2 heterocycles. The van der Waals surface area contributed by atoms with E-state index in [9.17, 15) is 9.59 Å². The van der Waals surface area contributed by atoms with Gasteiger partial charge in [0.2, 0.25) is 0 Å². The van der Waals surface area contributed by atoms with E-state index in [0.717, 1.165) is 17.9 Å². The molecule has 0 saturated carbocycles. The van der Waals surface area contributed by atoms with Crippen molar-refractivity contribution in [2.45, 2.75) is 69.3 Å². The van der Waals surface area contributed by atoms with Crippen molar-refractivity contribution in [3.8, 4) is 0 Å². The molecule has 2 fully saturated rings. The summed E-state index contributed by atoms with van der Waals surface area (Å²) in [5.74, 6) is 1.48. The fraction of sp³-hybridized carbons (Fsp3) is 0.882. The van der Waals surface area contributed by atoms with Crippen LogP contribution in [0.25, 0.3) is 0 Å². The molecule has 0 aliphatic carbocycles. The van der Waals surface area contributed by atoms with Crippen molar-refractivity contribution in [1.82, 2.24) is 0 Å². The minimum Gasteiger partial charge on any atom is -0.456 e. The van der Waals surface area contributed by atoms with Crippen molar-refractivity contribution in [1.29, 1.82) is 0 Å². The summed E-state index contributed by atoms with van der Waals surface area (Å²) in [6.07, 6.45) is 0.453. The summed E-state index contributed by atoms with van der Waals surface area (Å²) in [7, 11) is 1.62. The lowest BCUT2D eigenvalue weighted by Crippen LogP contribution is -2.55. The molecule has 0 bridgehead atoms. The van der Waals surface area contributed by atoms with Crippen molar-refractivity contribution in [3.63, 3.8) is 0 Å². The maximum absolute atomic E-state index is 12.6. The van der Waals surface area contributed by atoms with Crippen LogP contribution in [0.5, 0.6) is 0 Å². The molecule has 0 spiro atoms. The fourth-order valence-electron chi connectivity index (χ4n) is 2.96. The Morgan fingerprint density at radius 2 is 2.00 bits per heavy atom. The maximum atomic E-state index is 12.6. The van der Waals surface area contributed by atoms with Crippen molar-refractivity contribution < 1.29 is 23.8 Å². The second kappa shape index (κ2) is 7.87. The van der Waals surface area contributed by atoms with Crippen LogP contribution in [0, 0.1) is 5.41 Å². The standard InChI is InChI=1S/C17H28O5S2/c1-6-17(23-9-10-24-17)14(22-15(19)16(2,3)4)13-11(20-5)7-8-12(18)21-13/h11,13-14H,6-10H2,1-5H3/t11-,13-,14+/m0/s1. The van der Waals surface area contributed by atoms with Crippen LogP contribution < -0.4 is 0 Å². The van der Waals surface area contributed by atoms with Gasteiger partial charge in [-0.2, -0.15) is 0 Å². The van der Waals surface area contributed by atoms with Gasteiger partial charge in [-0.15, -0.1) is 23.5 Å². The molecular formula is C17H28O5S2. The summed E-state index contributed by atoms with van der Waals surface area (Å²) >= 11 is 3.59. The average Bonchev–Trinajstić information content (AvgIpc) is 3.01. The van der Waals surface area contributed by atoms with E-state index in [1.54, 1.807) is 30.6 Å². The van der Waals surface area contributed by atoms with Gasteiger partial charge in [-0.05, 0) is 33.6 Å². The summed E-state index contributed by atoms with van der Waals surface area (Å²) in [5.41, 5.74) is -0.609. The monoisotopic (exact) mass is 376 g/mol. The van der Waals surface area contributed by atoms with E-state index in [1.165, 1.54) is 0 Å². The smallest absolute Gasteiger partial charge is 0.311 e. The highest BCUT2D eigenvalue weighted by atomic mass is 32.2. The molecular weight excluding hydrogens is 348 g/mol. The zero-order valence-corrected chi connectivity index (χ0v) is 16.8. The van der Waals surface area contributed by atoms with Crippen LogP contribution in [0.2, 0.25) is 0 Å². The van der Waals surface area contributed by atoms with Gasteiger partial charge < -0.3 is 14.2 Å². The number of cyclic esters (lactones) is 1. The van der Waals surface area contributed by atoms with Gasteiger partial charge in [0, 0.05) is 25.0 Å². The Morgan fingerprint density at radius 3 is 2.50 bits per heavy atom. The molecule has 24 heavy (non-hydrogen) atoms. The second-order valence-corrected chi connectivity index (χ2v) is 10.3. The molecule has 7 heteroatoms. The van der Waals surface area contributed by atoms with E-state index in [4.69, 9.17) is 14.2 Å². The highest BCUT2D eigenvalue weighted by Gasteiger charge is 2.53. The molecule has 3 atom stereocenters. The molecule has 0 unspecified atom stereocenters. The van der Waals surface area contributed by atoms with Crippen molar-refractivity contribution in [2.75, 3.05) is 18.6 Å². The first-order valence-corrected chi connectivity index (χ1v) is 10.4. The van der Waals surface area contributed by atoms with E-state index < -0.39 is 17.6 Å². The lowest BCUT2D eigenvalue weighted by molar-refractivity contribution is -0.193. The lowest BCUT2D eigenvalue weighted by atomic mass is 9.94. The number of hydrogen-bond donors (Lipinski definition) is 0. The Labute approximate surface area is 152 Å². The third-order valence-corrected chi connectivity index (χ3v) is 8.22. The molecule has 2 aliphatic rings. The van der Waals surface area contributed by atoms with Gasteiger partial charge in [-0.3, -0.25) is 9.59 Å². The van der Waals surface area contributed by atoms with E-state index in [1.807, 2.05) is 20.8 Å². The fourth-order valence-corrected chi connectivity index (χ4v) is 6.25. The molecule has 2 aliphatic heterocycles. The number of thioether (sulfide) groups is 2. The zero-order valence-electron chi connectivity index (χ0n) is 15.1. The van der Waals surface area contributed by atoms with E-state index in [2.05, 4.69) is 6.92 Å². The molecule has 5 nitrogen and oxygen atoms in total. The third-order valence-electron chi connectivity index (χ3n) is 4.42. The van der Waals surface area contributed by atoms with Crippen LogP contribution in [-0.2, 0) is 23.8 Å². The van der Waals surface area contributed by atoms with E-state index >= 15 is 0 Å². The van der Waals surface area contributed by atoms with Gasteiger partial charge in [0.15, 0.2) is 12.2 Å². The van der Waals surface area contributed by atoms with Gasteiger partial charge in [-0.1, -0.05) is 6.92 Å². The number of ether oxygens (including phenoxy) is 3. The normalized spacial score (nSPS) is 28.3. The Hall–Kier alpha value is -0.400. The van der Waals surface area contributed by atoms with E-state index in [-0.39, 0.29) is 22.1 Å². The Morgan fingerprint density at radius 1 is 1.38 bits per heavy atom. The highest BCUT2D eigenvalue weighted by Crippen LogP contribution is 2.52. The molecule has 0 N–H and O–H groups in total. The van der Waals surface area contributed by atoms with Crippen LogP contribution in [0.1, 0.15) is 47.0 Å². The number of rotatable bonds is 5. The zero-order chi connectivity index (χ0) is 18.0. The Balaban J connectivity index is 2.33. The number of methoxy groups -OCH3 is 1. The van der Waals surface area contributed by atoms with Gasteiger partial charge in [0.05, 0.1) is 11.5 Å². The summed E-state index contributed by atoms with van der Waals surface area (Å²) in [5, 5.41) is 0. The predicted molar refractivity (Wildman–Crippen MR) is 97.2 cm³/mol. The number of carbonyl (C=O) groups excluding carboxylic acids is 2. The van der Waals surface area contributed by atoms with Gasteiger partial charge >= 0.3 is 11.9 Å². The lowest BCUT2D eigenvalue weighted by Gasteiger charge is -2.43. The average molecular weight is 377 g/mol. The summed E-state index contributed by atoms with van der Waals surface area (Å²) in [4.78, 5) is 24.5. The van der Waals surface area contributed by atoms with Crippen LogP contribution in [0.15, 0.2) is 0 Å². The van der Waals surface area contributed by atoms with Crippen LogP contribution in [0.3, 0.4) is 0 Å². The minimum atomic E-state index is -0.609. The highest BCUT2D eigenvalue weighted by molar-refractivity contribution is 8.21. The maximum Gasteiger partial charge on any atom is 0.311 e. The Bertz CT molecular complexity index is 468. The molecule has 0 radical (unpaired) electrons. The third kappa shape index (κ3) is 4.22. The van der Waals surface area contributed by atoms with E-state index in [0.29, 0.717) is 12.8 Å². The summed E-state index contributed by atoms with van der Waals surface area (Å²) < 4.78 is 16.9. The first-order valence-electron chi connectivity index (χ1n) is 8.45. The van der Waals surface area contributed by atoms with Crippen LogP contribution in [0.4, 0.5) is 0 Å². The van der Waals surface area contributed by atoms with Crippen molar-refractivity contribution >= 4 is 35.5 Å². The first kappa shape index (κ1) is 19.9. The molecule has 0 amide bonds. The van der Waals surface area contributed by atoms with Crippen molar-refractivity contribution in [3.05, 3.63) is 0 Å². The van der Waals surface area contributed by atoms with Crippen molar-refractivity contribution in [2.24, 2.45) is 5.41 Å². The van der Waals surface area contributed by atoms with Crippen LogP contribution >= 0.6 is 23.5 Å². The largest absolute Gasteiger partial charge is 0.456 e. The number of hydrogen-bond acceptors (Lipinski definition) is 7. The van der Waals surface area contributed by atoms with Gasteiger partial charge in [0.25, 0.3) is 0 Å². The molecule has 2 rings (SSSR count). The predicted octanol–water partition coefficient (Wildman–Crippen LogP) is 3.25. The first-order chi connectivity index (χ1) is 11.2. The summed E-state index contributed by atoms with van der Waals surface area (Å²) in [6.45, 7) is 7.59. The topological polar surface area (TPSA) is 61.8 Å². The SMILES string of the molecule is CCC1([C@H](OC(=O)C(C)(C)C)[C@H]2OC(=O)CC[C@@H]2OC)SCCS1. The minimum absolute atomic E-state index is 0.245. The molecule has 2 saturated heterocycles. The molecule has 0 aromatic heterocycles. The quantitative estimate of drug-likeness (QED) is 0.683. The van der Waals surface area contributed by atoms with Gasteiger partial charge in [-0.25, -0.2) is 0 Å². The van der Waals surface area contributed by atoms with Gasteiger partial charge in [0.1, 0.15) is 4.08 Å². The summed E-state index contributed by atoms with van der Waals surface area (Å²) in [6, 6.07) is 0. The number of carbonyl (C=O) groups is 2. The molecule has 0 aromatic rings.